The van der Waals surface area contributed by atoms with E-state index in [1.165, 1.54) is 17.0 Å². The average molecular weight is 654 g/mol. The van der Waals surface area contributed by atoms with E-state index in [9.17, 15) is 22.8 Å². The summed E-state index contributed by atoms with van der Waals surface area (Å²) in [4.78, 5) is 47.4. The Morgan fingerprint density at radius 1 is 1.00 bits per heavy atom. The third-order valence-electron chi connectivity index (χ3n) is 8.85. The fourth-order valence-electron chi connectivity index (χ4n) is 6.16. The van der Waals surface area contributed by atoms with Crippen LogP contribution in [-0.2, 0) is 24.8 Å². The molecule has 6 rings (SSSR count). The van der Waals surface area contributed by atoms with Gasteiger partial charge in [-0.1, -0.05) is 66.5 Å². The summed E-state index contributed by atoms with van der Waals surface area (Å²) in [5.41, 5.74) is 0.918. The molecule has 2 heterocycles. The third kappa shape index (κ3) is 5.46. The number of nitrogens with zero attached hydrogens (tertiary/aromatic N) is 2. The maximum absolute atomic E-state index is 14.2. The summed E-state index contributed by atoms with van der Waals surface area (Å²) in [6.07, 6.45) is 1.19. The van der Waals surface area contributed by atoms with Crippen LogP contribution in [0.25, 0.3) is 11.1 Å². The number of amides is 1. The predicted molar refractivity (Wildman–Crippen MR) is 167 cm³/mol. The molecule has 4 aromatic rings. The van der Waals surface area contributed by atoms with E-state index in [2.05, 4.69) is 4.98 Å². The topological polar surface area (TPSA) is 115 Å². The highest BCUT2D eigenvalue weighted by molar-refractivity contribution is 7.92. The number of rotatable bonds is 10. The summed E-state index contributed by atoms with van der Waals surface area (Å²) in [6, 6.07) is 19.2. The minimum absolute atomic E-state index is 0.0384. The molecule has 1 saturated carbocycles. The first-order valence-corrected chi connectivity index (χ1v) is 16.8. The minimum Gasteiger partial charge on any atom is -0.434 e. The Morgan fingerprint density at radius 3 is 2.34 bits per heavy atom. The second kappa shape index (κ2) is 11.8. The van der Waals surface area contributed by atoms with Crippen LogP contribution in [0, 0.1) is 5.92 Å². The smallest absolute Gasteiger partial charge is 0.264 e. The van der Waals surface area contributed by atoms with Gasteiger partial charge in [-0.15, -0.1) is 0 Å². The molecular formula is C33H30Cl2N2O6S. The summed E-state index contributed by atoms with van der Waals surface area (Å²) >= 11 is 12.4. The van der Waals surface area contributed by atoms with Gasteiger partial charge in [0.25, 0.3) is 5.89 Å². The van der Waals surface area contributed by atoms with Crippen molar-refractivity contribution in [3.8, 4) is 0 Å². The third-order valence-corrected chi connectivity index (χ3v) is 11.7. The summed E-state index contributed by atoms with van der Waals surface area (Å²) in [7, 11) is -3.99. The van der Waals surface area contributed by atoms with E-state index in [0.29, 0.717) is 35.4 Å². The molecule has 8 nitrogen and oxygen atoms in total. The van der Waals surface area contributed by atoms with Gasteiger partial charge in [-0.05, 0) is 67.6 Å². The molecule has 1 amide bonds. The second-order valence-electron chi connectivity index (χ2n) is 11.5. The van der Waals surface area contributed by atoms with Crippen molar-refractivity contribution < 1.29 is 27.2 Å². The molecule has 0 spiro atoms. The lowest BCUT2D eigenvalue weighted by molar-refractivity contribution is -0.139. The Bertz CT molecular complexity index is 1830. The monoisotopic (exact) mass is 652 g/mol. The minimum atomic E-state index is -3.99. The van der Waals surface area contributed by atoms with Crippen LogP contribution in [0.5, 0.6) is 0 Å². The summed E-state index contributed by atoms with van der Waals surface area (Å²) in [5, 5.41) is -0.435. The number of fused-ring (bicyclic) bond motifs is 1. The fraction of sp³-hybridized carbons (Fsp3) is 0.333. The van der Waals surface area contributed by atoms with E-state index in [1.54, 1.807) is 67.6 Å². The molecule has 1 saturated heterocycles. The molecule has 228 valence electrons. The Labute approximate surface area is 265 Å². The number of hydrogen-bond donors (Lipinski definition) is 0. The number of Topliss-reactive ketones (excluding diaryl/α,β-unsaturated/α-hetero) is 2. The number of likely N-dealkylation sites (tertiary alicyclic amines) is 1. The molecule has 1 aromatic heterocycles. The Kier molecular flexibility index (Phi) is 8.15. The van der Waals surface area contributed by atoms with Gasteiger partial charge in [0, 0.05) is 23.9 Å². The number of hydrogen-bond acceptors (Lipinski definition) is 7. The summed E-state index contributed by atoms with van der Waals surface area (Å²) < 4.78 is 33.3. The fourth-order valence-corrected chi connectivity index (χ4v) is 8.50. The van der Waals surface area contributed by atoms with Gasteiger partial charge in [0.1, 0.15) is 5.52 Å². The molecule has 11 heteroatoms. The second-order valence-corrected chi connectivity index (χ2v) is 14.6. The van der Waals surface area contributed by atoms with Crippen molar-refractivity contribution in [3.05, 3.63) is 94.3 Å². The van der Waals surface area contributed by atoms with E-state index in [-0.39, 0.29) is 46.9 Å². The molecule has 0 N–H and O–H groups in total. The van der Waals surface area contributed by atoms with Crippen LogP contribution in [0.15, 0.2) is 82.1 Å². The maximum atomic E-state index is 14.2. The molecule has 2 fully saturated rings. The first-order chi connectivity index (χ1) is 21.0. The Balaban J connectivity index is 1.30. The number of aromatic nitrogens is 1. The van der Waals surface area contributed by atoms with Crippen molar-refractivity contribution in [2.45, 2.75) is 60.6 Å². The van der Waals surface area contributed by atoms with Crippen LogP contribution in [0.4, 0.5) is 0 Å². The van der Waals surface area contributed by atoms with E-state index in [4.69, 9.17) is 27.6 Å². The van der Waals surface area contributed by atoms with E-state index < -0.39 is 38.2 Å². The molecular weight excluding hydrogens is 623 g/mol. The predicted octanol–water partition coefficient (Wildman–Crippen LogP) is 6.48. The highest BCUT2D eigenvalue weighted by Gasteiger charge is 2.57. The van der Waals surface area contributed by atoms with Gasteiger partial charge in [0.05, 0.1) is 26.6 Å². The highest BCUT2D eigenvalue weighted by Crippen LogP contribution is 2.51. The van der Waals surface area contributed by atoms with Gasteiger partial charge in [-0.3, -0.25) is 14.4 Å². The molecule has 1 aliphatic heterocycles. The van der Waals surface area contributed by atoms with Gasteiger partial charge in [-0.2, -0.15) is 0 Å². The van der Waals surface area contributed by atoms with Crippen LogP contribution in [0.1, 0.15) is 55.3 Å². The molecule has 0 bridgehead atoms. The Hall–Kier alpha value is -3.53. The zero-order valence-electron chi connectivity index (χ0n) is 23.9. The van der Waals surface area contributed by atoms with Crippen molar-refractivity contribution in [1.29, 1.82) is 0 Å². The van der Waals surface area contributed by atoms with Gasteiger partial charge in [-0.25, -0.2) is 13.4 Å². The Morgan fingerprint density at radius 2 is 1.68 bits per heavy atom. The van der Waals surface area contributed by atoms with Crippen molar-refractivity contribution in [3.63, 3.8) is 0 Å². The first kappa shape index (κ1) is 30.5. The molecule has 1 aliphatic carbocycles. The number of ketones is 2. The van der Waals surface area contributed by atoms with Gasteiger partial charge >= 0.3 is 0 Å². The summed E-state index contributed by atoms with van der Waals surface area (Å²) in [5.74, 6) is -1.92. The number of para-hydroxylation sites is 2. The van der Waals surface area contributed by atoms with E-state index in [0.717, 1.165) is 5.56 Å². The number of benzene rings is 3. The zero-order chi connectivity index (χ0) is 31.2. The number of carbonyl (C=O) groups excluding carboxylic acids is 3. The molecule has 3 atom stereocenters. The average Bonchev–Trinajstić information content (AvgIpc) is 3.50. The van der Waals surface area contributed by atoms with Crippen molar-refractivity contribution in [1.82, 2.24) is 9.88 Å². The van der Waals surface area contributed by atoms with Crippen LogP contribution in [-0.4, -0.2) is 53.6 Å². The van der Waals surface area contributed by atoms with Crippen LogP contribution in [0.2, 0.25) is 10.0 Å². The number of carbonyl (C=O) groups is 3. The molecule has 3 aromatic carbocycles. The zero-order valence-corrected chi connectivity index (χ0v) is 26.2. The molecule has 0 unspecified atom stereocenters. The van der Waals surface area contributed by atoms with Crippen LogP contribution in [0.3, 0.4) is 0 Å². The maximum Gasteiger partial charge on any atom is 0.264 e. The molecule has 0 radical (unpaired) electrons. The van der Waals surface area contributed by atoms with Crippen molar-refractivity contribution in [2.24, 2.45) is 5.92 Å². The van der Waals surface area contributed by atoms with E-state index >= 15 is 0 Å². The number of oxazole rings is 1. The lowest BCUT2D eigenvalue weighted by Crippen LogP contribution is -2.46. The first-order valence-electron chi connectivity index (χ1n) is 14.5. The number of sulfone groups is 1. The van der Waals surface area contributed by atoms with Crippen LogP contribution < -0.4 is 0 Å². The quantitative estimate of drug-likeness (QED) is 0.180. The summed E-state index contributed by atoms with van der Waals surface area (Å²) in [6.45, 7) is 1.63. The standard InChI is InChI=1S/C33H30Cl2N2O6S/c1-2-20(30(39)31-36-25-8-4-5-9-28(25)43-31)17-27(38)26-18-23(44(41,42)29-10-6-3-7-24(29)35)19-37(26)32(40)33(15-16-33)21-11-13-22(34)14-12-21/h3-14,20,23,26H,2,15-19H2,1H3/t20-,23-,26+/m1/s1. The molecule has 2 aliphatic rings. The van der Waals surface area contributed by atoms with Crippen molar-refractivity contribution >= 4 is 61.6 Å². The lowest BCUT2D eigenvalue weighted by atomic mass is 9.90. The van der Waals surface area contributed by atoms with Gasteiger partial charge in [0.2, 0.25) is 11.7 Å². The lowest BCUT2D eigenvalue weighted by Gasteiger charge is -2.29. The SMILES string of the molecule is CC[C@H](CC(=O)[C@@H]1C[C@@H](S(=O)(=O)c2ccccc2Cl)CN1C(=O)C1(c2ccc(Cl)cc2)CC1)C(=O)c1nc2ccccc2o1. The largest absolute Gasteiger partial charge is 0.434 e. The van der Waals surface area contributed by atoms with Gasteiger partial charge in [0.15, 0.2) is 21.2 Å². The number of halogens is 2. The van der Waals surface area contributed by atoms with Crippen LogP contribution >= 0.6 is 23.2 Å². The van der Waals surface area contributed by atoms with E-state index in [1.807, 2.05) is 0 Å². The normalized spacial score (nSPS) is 20.0. The van der Waals surface area contributed by atoms with Crippen molar-refractivity contribution in [2.75, 3.05) is 6.54 Å². The molecule has 44 heavy (non-hydrogen) atoms. The highest BCUT2D eigenvalue weighted by atomic mass is 35.5. The van der Waals surface area contributed by atoms with Gasteiger partial charge < -0.3 is 9.32 Å².